The van der Waals surface area contributed by atoms with Gasteiger partial charge >= 0.3 is 0 Å². The number of aryl methyl sites for hydroxylation is 2. The largest absolute Gasteiger partial charge is 0.454 e. The fraction of sp³-hybridized carbons (Fsp3) is 0.333. The maximum Gasteiger partial charge on any atom is 0.251 e. The predicted octanol–water partition coefficient (Wildman–Crippen LogP) is 1.99. The zero-order valence-electron chi connectivity index (χ0n) is 11.9. The van der Waals surface area contributed by atoms with Crippen LogP contribution in [0.3, 0.4) is 0 Å². The summed E-state index contributed by atoms with van der Waals surface area (Å²) in [5.41, 5.74) is 2.46. The summed E-state index contributed by atoms with van der Waals surface area (Å²) in [6.45, 7) is 4.49. The molecule has 0 radical (unpaired) electrons. The van der Waals surface area contributed by atoms with Gasteiger partial charge in [0.25, 0.3) is 5.91 Å². The van der Waals surface area contributed by atoms with Crippen LogP contribution in [0.1, 0.15) is 27.4 Å². The van der Waals surface area contributed by atoms with Gasteiger partial charge in [-0.25, -0.2) is 0 Å². The highest BCUT2D eigenvalue weighted by Gasteiger charge is 2.16. The Labute approximate surface area is 122 Å². The maximum absolute atomic E-state index is 12.1. The molecule has 1 aliphatic heterocycles. The van der Waals surface area contributed by atoms with E-state index >= 15 is 0 Å². The van der Waals surface area contributed by atoms with E-state index in [0.29, 0.717) is 30.0 Å². The molecule has 6 heteroatoms. The Bertz CT molecular complexity index is 659. The van der Waals surface area contributed by atoms with Crippen molar-refractivity contribution >= 4 is 5.91 Å². The van der Waals surface area contributed by atoms with Crippen LogP contribution in [0.15, 0.2) is 22.7 Å². The molecule has 0 bridgehead atoms. The lowest BCUT2D eigenvalue weighted by molar-refractivity contribution is 0.0953. The van der Waals surface area contributed by atoms with Gasteiger partial charge in [-0.15, -0.1) is 0 Å². The van der Waals surface area contributed by atoms with E-state index in [1.165, 1.54) is 0 Å². The minimum Gasteiger partial charge on any atom is -0.454 e. The average Bonchev–Trinajstić information content (AvgIpc) is 3.07. The molecule has 0 saturated carbocycles. The molecule has 1 aromatic carbocycles. The van der Waals surface area contributed by atoms with Gasteiger partial charge in [-0.1, -0.05) is 5.16 Å². The number of rotatable bonds is 4. The molecule has 0 saturated heterocycles. The number of benzene rings is 1. The van der Waals surface area contributed by atoms with Crippen LogP contribution in [0, 0.1) is 13.8 Å². The first-order valence-electron chi connectivity index (χ1n) is 6.75. The Balaban J connectivity index is 1.59. The quantitative estimate of drug-likeness (QED) is 0.931. The molecule has 110 valence electrons. The molecule has 3 rings (SSSR count). The Morgan fingerprint density at radius 1 is 1.29 bits per heavy atom. The number of fused-ring (bicyclic) bond motifs is 1. The summed E-state index contributed by atoms with van der Waals surface area (Å²) in [5.74, 6) is 1.93. The molecule has 1 aliphatic rings. The molecule has 2 aromatic rings. The topological polar surface area (TPSA) is 73.6 Å². The number of ether oxygens (including phenoxy) is 2. The lowest BCUT2D eigenvalue weighted by Gasteiger charge is -2.06. The number of aromatic nitrogens is 1. The van der Waals surface area contributed by atoms with E-state index < -0.39 is 0 Å². The smallest absolute Gasteiger partial charge is 0.251 e. The second kappa shape index (κ2) is 5.47. The lowest BCUT2D eigenvalue weighted by atomic mass is 10.1. The summed E-state index contributed by atoms with van der Waals surface area (Å²) >= 11 is 0. The molecule has 2 heterocycles. The molecule has 1 N–H and O–H groups in total. The third kappa shape index (κ3) is 2.69. The minimum atomic E-state index is -0.139. The summed E-state index contributed by atoms with van der Waals surface area (Å²) in [5, 5.41) is 6.77. The third-order valence-corrected chi connectivity index (χ3v) is 3.48. The highest BCUT2D eigenvalue weighted by atomic mass is 16.7. The van der Waals surface area contributed by atoms with Gasteiger partial charge in [0.1, 0.15) is 5.76 Å². The molecule has 0 aliphatic carbocycles. The van der Waals surface area contributed by atoms with Crippen LogP contribution in [-0.2, 0) is 6.42 Å². The highest BCUT2D eigenvalue weighted by Crippen LogP contribution is 2.32. The minimum absolute atomic E-state index is 0.139. The van der Waals surface area contributed by atoms with E-state index in [0.717, 1.165) is 17.0 Å². The van der Waals surface area contributed by atoms with E-state index in [9.17, 15) is 4.79 Å². The second-order valence-electron chi connectivity index (χ2n) is 4.88. The third-order valence-electron chi connectivity index (χ3n) is 3.48. The molecule has 1 aromatic heterocycles. The summed E-state index contributed by atoms with van der Waals surface area (Å²) in [6, 6.07) is 5.15. The first-order chi connectivity index (χ1) is 10.1. The second-order valence-corrected chi connectivity index (χ2v) is 4.88. The van der Waals surface area contributed by atoms with Crippen LogP contribution in [0.2, 0.25) is 0 Å². The molecule has 21 heavy (non-hydrogen) atoms. The highest BCUT2D eigenvalue weighted by molar-refractivity contribution is 5.94. The molecule has 1 amide bonds. The van der Waals surface area contributed by atoms with Crippen molar-refractivity contribution in [2.45, 2.75) is 20.3 Å². The van der Waals surface area contributed by atoms with Gasteiger partial charge in [0.15, 0.2) is 11.5 Å². The van der Waals surface area contributed by atoms with Crippen LogP contribution >= 0.6 is 0 Å². The predicted molar refractivity (Wildman–Crippen MR) is 74.6 cm³/mol. The van der Waals surface area contributed by atoms with E-state index in [2.05, 4.69) is 10.5 Å². The fourth-order valence-electron chi connectivity index (χ4n) is 2.30. The van der Waals surface area contributed by atoms with Crippen molar-refractivity contribution in [1.29, 1.82) is 0 Å². The van der Waals surface area contributed by atoms with Crippen molar-refractivity contribution in [2.24, 2.45) is 0 Å². The fourth-order valence-corrected chi connectivity index (χ4v) is 2.30. The molecule has 0 unspecified atom stereocenters. The van der Waals surface area contributed by atoms with Crippen molar-refractivity contribution in [1.82, 2.24) is 10.5 Å². The van der Waals surface area contributed by atoms with E-state index in [4.69, 9.17) is 14.0 Å². The molecule has 0 spiro atoms. The molecule has 6 nitrogen and oxygen atoms in total. The first kappa shape index (κ1) is 13.5. The zero-order valence-corrected chi connectivity index (χ0v) is 11.9. The summed E-state index contributed by atoms with van der Waals surface area (Å²) in [7, 11) is 0. The van der Waals surface area contributed by atoms with Crippen molar-refractivity contribution < 1.29 is 18.8 Å². The van der Waals surface area contributed by atoms with Crippen molar-refractivity contribution in [3.63, 3.8) is 0 Å². The average molecular weight is 288 g/mol. The normalized spacial score (nSPS) is 12.5. The van der Waals surface area contributed by atoms with Crippen LogP contribution in [0.4, 0.5) is 0 Å². The van der Waals surface area contributed by atoms with E-state index in [-0.39, 0.29) is 12.7 Å². The van der Waals surface area contributed by atoms with Gasteiger partial charge in [-0.2, -0.15) is 0 Å². The Morgan fingerprint density at radius 3 is 2.86 bits per heavy atom. The number of nitrogens with one attached hydrogen (secondary N) is 1. The monoisotopic (exact) mass is 288 g/mol. The molecular formula is C15H16N2O4. The Morgan fingerprint density at radius 2 is 2.10 bits per heavy atom. The summed E-state index contributed by atoms with van der Waals surface area (Å²) in [6.07, 6.45) is 0.692. The van der Waals surface area contributed by atoms with E-state index in [1.807, 2.05) is 13.8 Å². The number of carbonyl (C=O) groups is 1. The van der Waals surface area contributed by atoms with Crippen LogP contribution in [0.5, 0.6) is 11.5 Å². The molecular weight excluding hydrogens is 272 g/mol. The van der Waals surface area contributed by atoms with Crippen molar-refractivity contribution in [3.05, 3.63) is 40.8 Å². The van der Waals surface area contributed by atoms with E-state index in [1.54, 1.807) is 18.2 Å². The maximum atomic E-state index is 12.1. The van der Waals surface area contributed by atoms with Crippen LogP contribution in [0.25, 0.3) is 0 Å². The number of hydrogen-bond acceptors (Lipinski definition) is 5. The van der Waals surface area contributed by atoms with Crippen molar-refractivity contribution in [3.8, 4) is 11.5 Å². The van der Waals surface area contributed by atoms with Gasteiger partial charge in [0.2, 0.25) is 6.79 Å². The molecule has 0 atom stereocenters. The van der Waals surface area contributed by atoms with Gasteiger partial charge in [0, 0.05) is 17.7 Å². The number of hydrogen-bond donors (Lipinski definition) is 1. The number of carbonyl (C=O) groups excluding carboxylic acids is 1. The Kier molecular flexibility index (Phi) is 3.51. The van der Waals surface area contributed by atoms with Crippen LogP contribution in [-0.4, -0.2) is 24.4 Å². The zero-order chi connectivity index (χ0) is 14.8. The first-order valence-corrected chi connectivity index (χ1v) is 6.75. The molecule has 0 fully saturated rings. The van der Waals surface area contributed by atoms with Crippen molar-refractivity contribution in [2.75, 3.05) is 13.3 Å². The van der Waals surface area contributed by atoms with Crippen LogP contribution < -0.4 is 14.8 Å². The number of amides is 1. The Hall–Kier alpha value is -2.50. The lowest BCUT2D eigenvalue weighted by Crippen LogP contribution is -2.25. The summed E-state index contributed by atoms with van der Waals surface area (Å²) in [4.78, 5) is 12.1. The summed E-state index contributed by atoms with van der Waals surface area (Å²) < 4.78 is 15.6. The van der Waals surface area contributed by atoms with Gasteiger partial charge in [0.05, 0.1) is 5.69 Å². The van der Waals surface area contributed by atoms with Gasteiger partial charge in [-0.3, -0.25) is 4.79 Å². The van der Waals surface area contributed by atoms with Gasteiger partial charge in [-0.05, 0) is 38.5 Å². The standard InChI is InChI=1S/C15H16N2O4/c1-9-12(10(2)21-17-9)5-6-16-15(18)11-3-4-13-14(7-11)20-8-19-13/h3-4,7H,5-6,8H2,1-2H3,(H,16,18). The number of nitrogens with zero attached hydrogens (tertiary/aromatic N) is 1. The van der Waals surface area contributed by atoms with Gasteiger partial charge < -0.3 is 19.3 Å². The SMILES string of the molecule is Cc1noc(C)c1CCNC(=O)c1ccc2c(c1)OCO2.